The van der Waals surface area contributed by atoms with Crippen LogP contribution in [0.4, 0.5) is 0 Å². The van der Waals surface area contributed by atoms with E-state index in [2.05, 4.69) is 4.98 Å². The minimum atomic E-state index is -0.462. The fourth-order valence-corrected chi connectivity index (χ4v) is 3.02. The average Bonchev–Trinajstić information content (AvgIpc) is 2.51. The van der Waals surface area contributed by atoms with Crippen molar-refractivity contribution in [3.05, 3.63) is 23.0 Å². The number of hydrogen-bond acceptors (Lipinski definition) is 4. The molecule has 1 fully saturated rings. The van der Waals surface area contributed by atoms with Gasteiger partial charge in [0.15, 0.2) is 0 Å². The van der Waals surface area contributed by atoms with Crippen molar-refractivity contribution in [3.63, 3.8) is 0 Å². The number of aryl methyl sites for hydroxylation is 1. The zero-order chi connectivity index (χ0) is 17.1. The van der Waals surface area contributed by atoms with Crippen molar-refractivity contribution < 1.29 is 14.3 Å². The van der Waals surface area contributed by atoms with Crippen molar-refractivity contribution in [2.75, 3.05) is 20.2 Å². The summed E-state index contributed by atoms with van der Waals surface area (Å²) >= 11 is 0. The zero-order valence-corrected chi connectivity index (χ0v) is 14.5. The SMILES string of the molecule is CCCN1CC(=O)N(Cc2ncc(C)c(OC)c2C)[C@@H](C)C1=O. The van der Waals surface area contributed by atoms with E-state index in [0.29, 0.717) is 13.1 Å². The van der Waals surface area contributed by atoms with Crippen LogP contribution < -0.4 is 4.74 Å². The fourth-order valence-electron chi connectivity index (χ4n) is 3.02. The maximum atomic E-state index is 12.4. The first-order valence-electron chi connectivity index (χ1n) is 7.98. The summed E-state index contributed by atoms with van der Waals surface area (Å²) in [5.74, 6) is 0.750. The summed E-state index contributed by atoms with van der Waals surface area (Å²) in [6, 6.07) is -0.462. The molecular weight excluding hydrogens is 294 g/mol. The van der Waals surface area contributed by atoms with Gasteiger partial charge in [0, 0.05) is 23.9 Å². The van der Waals surface area contributed by atoms with Gasteiger partial charge in [0.1, 0.15) is 11.8 Å². The van der Waals surface area contributed by atoms with Crippen molar-refractivity contribution in [2.24, 2.45) is 0 Å². The molecule has 23 heavy (non-hydrogen) atoms. The molecule has 0 aromatic carbocycles. The van der Waals surface area contributed by atoms with Crippen molar-refractivity contribution in [2.45, 2.75) is 46.7 Å². The third kappa shape index (κ3) is 3.30. The molecule has 0 bridgehead atoms. The van der Waals surface area contributed by atoms with Crippen LogP contribution in [-0.4, -0.2) is 52.8 Å². The van der Waals surface area contributed by atoms with Crippen LogP contribution in [0.25, 0.3) is 0 Å². The van der Waals surface area contributed by atoms with Crippen molar-refractivity contribution in [1.82, 2.24) is 14.8 Å². The Morgan fingerprint density at radius 1 is 1.35 bits per heavy atom. The van der Waals surface area contributed by atoms with Gasteiger partial charge >= 0.3 is 0 Å². The molecule has 1 aliphatic rings. The molecule has 1 atom stereocenters. The normalized spacial score (nSPS) is 18.6. The second-order valence-corrected chi connectivity index (χ2v) is 6.00. The molecule has 0 unspecified atom stereocenters. The molecule has 126 valence electrons. The molecule has 0 radical (unpaired) electrons. The van der Waals surface area contributed by atoms with Crippen molar-refractivity contribution in [3.8, 4) is 5.75 Å². The second-order valence-electron chi connectivity index (χ2n) is 6.00. The number of pyridine rings is 1. The van der Waals surface area contributed by atoms with Gasteiger partial charge in [-0.05, 0) is 27.2 Å². The summed E-state index contributed by atoms with van der Waals surface area (Å²) in [7, 11) is 1.62. The quantitative estimate of drug-likeness (QED) is 0.828. The summed E-state index contributed by atoms with van der Waals surface area (Å²) in [4.78, 5) is 32.5. The molecule has 0 N–H and O–H groups in total. The lowest BCUT2D eigenvalue weighted by Gasteiger charge is -2.38. The van der Waals surface area contributed by atoms with Crippen LogP contribution in [-0.2, 0) is 16.1 Å². The first-order valence-corrected chi connectivity index (χ1v) is 7.98. The van der Waals surface area contributed by atoms with E-state index in [-0.39, 0.29) is 18.4 Å². The minimum Gasteiger partial charge on any atom is -0.496 e. The number of amides is 2. The molecule has 2 heterocycles. The number of carbonyl (C=O) groups is 2. The number of rotatable bonds is 5. The van der Waals surface area contributed by atoms with Gasteiger partial charge in [0.05, 0.1) is 25.9 Å². The van der Waals surface area contributed by atoms with Crippen LogP contribution >= 0.6 is 0 Å². The lowest BCUT2D eigenvalue weighted by atomic mass is 10.1. The average molecular weight is 319 g/mol. The molecule has 0 aliphatic carbocycles. The second kappa shape index (κ2) is 6.98. The minimum absolute atomic E-state index is 0.00294. The number of ether oxygens (including phenoxy) is 1. The summed E-state index contributed by atoms with van der Waals surface area (Å²) < 4.78 is 5.41. The molecule has 6 heteroatoms. The number of hydrogen-bond donors (Lipinski definition) is 0. The lowest BCUT2D eigenvalue weighted by molar-refractivity contribution is -0.155. The Labute approximate surface area is 137 Å². The van der Waals surface area contributed by atoms with E-state index in [9.17, 15) is 9.59 Å². The number of carbonyl (C=O) groups excluding carboxylic acids is 2. The van der Waals surface area contributed by atoms with E-state index in [1.165, 1.54) is 0 Å². The van der Waals surface area contributed by atoms with Crippen molar-refractivity contribution in [1.29, 1.82) is 0 Å². The summed E-state index contributed by atoms with van der Waals surface area (Å²) in [5, 5.41) is 0. The largest absolute Gasteiger partial charge is 0.496 e. The molecule has 6 nitrogen and oxygen atoms in total. The fraction of sp³-hybridized carbons (Fsp3) is 0.588. The number of methoxy groups -OCH3 is 1. The molecule has 1 saturated heterocycles. The van der Waals surface area contributed by atoms with Gasteiger partial charge < -0.3 is 14.5 Å². The Balaban J connectivity index is 2.23. The molecule has 1 aliphatic heterocycles. The van der Waals surface area contributed by atoms with Gasteiger partial charge in [-0.3, -0.25) is 14.6 Å². The molecule has 0 spiro atoms. The zero-order valence-electron chi connectivity index (χ0n) is 14.5. The van der Waals surface area contributed by atoms with Crippen LogP contribution in [0, 0.1) is 13.8 Å². The highest BCUT2D eigenvalue weighted by molar-refractivity contribution is 5.94. The van der Waals surface area contributed by atoms with Crippen LogP contribution in [0.1, 0.15) is 37.1 Å². The summed E-state index contributed by atoms with van der Waals surface area (Å²) in [6.45, 7) is 8.75. The van der Waals surface area contributed by atoms with E-state index in [4.69, 9.17) is 4.74 Å². The summed E-state index contributed by atoms with van der Waals surface area (Å²) in [5.41, 5.74) is 2.64. The van der Waals surface area contributed by atoms with Gasteiger partial charge in [-0.25, -0.2) is 0 Å². The third-order valence-corrected chi connectivity index (χ3v) is 4.35. The van der Waals surface area contributed by atoms with Crippen LogP contribution in [0.2, 0.25) is 0 Å². The molecule has 0 saturated carbocycles. The number of aromatic nitrogens is 1. The highest BCUT2D eigenvalue weighted by atomic mass is 16.5. The van der Waals surface area contributed by atoms with Gasteiger partial charge in [-0.1, -0.05) is 6.92 Å². The van der Waals surface area contributed by atoms with E-state index >= 15 is 0 Å². The van der Waals surface area contributed by atoms with Crippen LogP contribution in [0.3, 0.4) is 0 Å². The Morgan fingerprint density at radius 3 is 2.65 bits per heavy atom. The predicted molar refractivity (Wildman–Crippen MR) is 87.1 cm³/mol. The number of nitrogens with zero attached hydrogens (tertiary/aromatic N) is 3. The van der Waals surface area contributed by atoms with E-state index in [1.54, 1.807) is 30.0 Å². The first-order chi connectivity index (χ1) is 10.9. The van der Waals surface area contributed by atoms with E-state index in [0.717, 1.165) is 29.0 Å². The Kier molecular flexibility index (Phi) is 5.23. The maximum Gasteiger partial charge on any atom is 0.245 e. The van der Waals surface area contributed by atoms with E-state index in [1.807, 2.05) is 20.8 Å². The molecular formula is C17H25N3O3. The molecule has 1 aromatic rings. The third-order valence-electron chi connectivity index (χ3n) is 4.35. The highest BCUT2D eigenvalue weighted by Gasteiger charge is 2.36. The maximum absolute atomic E-state index is 12.4. The predicted octanol–water partition coefficient (Wildman–Crippen LogP) is 1.68. The van der Waals surface area contributed by atoms with Gasteiger partial charge in [0.25, 0.3) is 0 Å². The monoisotopic (exact) mass is 319 g/mol. The highest BCUT2D eigenvalue weighted by Crippen LogP contribution is 2.26. The number of piperazine rings is 1. The van der Waals surface area contributed by atoms with Gasteiger partial charge in [0.2, 0.25) is 11.8 Å². The Bertz CT molecular complexity index is 615. The smallest absolute Gasteiger partial charge is 0.245 e. The molecule has 2 amide bonds. The topological polar surface area (TPSA) is 62.7 Å². The van der Waals surface area contributed by atoms with Gasteiger partial charge in [-0.15, -0.1) is 0 Å². The Hall–Kier alpha value is -2.11. The Morgan fingerprint density at radius 2 is 2.04 bits per heavy atom. The van der Waals surface area contributed by atoms with Crippen LogP contribution in [0.15, 0.2) is 6.20 Å². The summed E-state index contributed by atoms with van der Waals surface area (Å²) in [6.07, 6.45) is 2.59. The van der Waals surface area contributed by atoms with E-state index < -0.39 is 6.04 Å². The van der Waals surface area contributed by atoms with Crippen molar-refractivity contribution >= 4 is 11.8 Å². The van der Waals surface area contributed by atoms with Gasteiger partial charge in [-0.2, -0.15) is 0 Å². The first kappa shape index (κ1) is 17.2. The standard InChI is InChI=1S/C17H25N3O3/c1-6-7-19-10-15(21)20(13(4)17(19)22)9-14-12(3)16(23-5)11(2)8-18-14/h8,13H,6-7,9-10H2,1-5H3/t13-/m0/s1. The van der Waals surface area contributed by atoms with Crippen LogP contribution in [0.5, 0.6) is 5.75 Å². The molecule has 2 rings (SSSR count). The molecule has 1 aromatic heterocycles. The lowest BCUT2D eigenvalue weighted by Crippen LogP contribution is -2.58.